The van der Waals surface area contributed by atoms with Crippen LogP contribution < -0.4 is 5.73 Å². The SMILES string of the molecule is CCC(C(N)=S)N1CCN(C(C)C(=O)OC)CC1. The van der Waals surface area contributed by atoms with Gasteiger partial charge in [-0.15, -0.1) is 0 Å². The maximum absolute atomic E-state index is 11.5. The maximum Gasteiger partial charge on any atom is 0.322 e. The summed E-state index contributed by atoms with van der Waals surface area (Å²) in [5.74, 6) is -0.176. The van der Waals surface area contributed by atoms with E-state index in [9.17, 15) is 4.79 Å². The summed E-state index contributed by atoms with van der Waals surface area (Å²) in [6, 6.07) is -0.00219. The lowest BCUT2D eigenvalue weighted by Crippen LogP contribution is -2.56. The lowest BCUT2D eigenvalue weighted by molar-refractivity contribution is -0.147. The smallest absolute Gasteiger partial charge is 0.322 e. The monoisotopic (exact) mass is 273 g/mol. The molecule has 0 aliphatic carbocycles. The molecule has 0 radical (unpaired) electrons. The van der Waals surface area contributed by atoms with Gasteiger partial charge in [-0.1, -0.05) is 19.1 Å². The minimum absolute atomic E-state index is 0.176. The van der Waals surface area contributed by atoms with Crippen LogP contribution in [0.15, 0.2) is 0 Å². The molecule has 2 unspecified atom stereocenters. The van der Waals surface area contributed by atoms with Gasteiger partial charge in [-0.2, -0.15) is 0 Å². The van der Waals surface area contributed by atoms with Crippen LogP contribution in [0, 0.1) is 0 Å². The Labute approximate surface area is 114 Å². The molecule has 0 aromatic carbocycles. The topological polar surface area (TPSA) is 58.8 Å². The maximum atomic E-state index is 11.5. The molecule has 0 aromatic rings. The molecule has 0 amide bonds. The van der Waals surface area contributed by atoms with Crippen molar-refractivity contribution in [1.29, 1.82) is 0 Å². The number of hydrogen-bond acceptors (Lipinski definition) is 5. The fraction of sp³-hybridized carbons (Fsp3) is 0.833. The third-order valence-electron chi connectivity index (χ3n) is 3.59. The third-order valence-corrected chi connectivity index (χ3v) is 3.87. The zero-order chi connectivity index (χ0) is 13.7. The Morgan fingerprint density at radius 3 is 2.22 bits per heavy atom. The molecule has 1 fully saturated rings. The Kier molecular flexibility index (Phi) is 5.98. The van der Waals surface area contributed by atoms with Gasteiger partial charge < -0.3 is 10.5 Å². The summed E-state index contributed by atoms with van der Waals surface area (Å²) in [5, 5.41) is 0. The Morgan fingerprint density at radius 1 is 1.33 bits per heavy atom. The van der Waals surface area contributed by atoms with Crippen LogP contribution in [-0.2, 0) is 9.53 Å². The number of carbonyl (C=O) groups excluding carboxylic acids is 1. The molecule has 0 spiro atoms. The normalized spacial score (nSPS) is 21.3. The number of esters is 1. The summed E-state index contributed by atoms with van der Waals surface area (Å²) in [7, 11) is 1.43. The van der Waals surface area contributed by atoms with Gasteiger partial charge in [0.2, 0.25) is 0 Å². The zero-order valence-electron chi connectivity index (χ0n) is 11.4. The van der Waals surface area contributed by atoms with Crippen LogP contribution in [0.25, 0.3) is 0 Å². The molecule has 2 atom stereocenters. The van der Waals surface area contributed by atoms with Crippen LogP contribution in [0.3, 0.4) is 0 Å². The van der Waals surface area contributed by atoms with Crippen molar-refractivity contribution in [3.8, 4) is 0 Å². The summed E-state index contributed by atoms with van der Waals surface area (Å²) in [4.78, 5) is 16.5. The first kappa shape index (κ1) is 15.3. The second-order valence-corrected chi connectivity index (χ2v) is 5.07. The molecule has 5 nitrogen and oxygen atoms in total. The first-order valence-corrected chi connectivity index (χ1v) is 6.77. The molecule has 1 aliphatic heterocycles. The van der Waals surface area contributed by atoms with Gasteiger partial charge in [-0.05, 0) is 13.3 Å². The molecule has 1 aliphatic rings. The molecular weight excluding hydrogens is 250 g/mol. The number of methoxy groups -OCH3 is 1. The van der Waals surface area contributed by atoms with Crippen LogP contribution in [0.2, 0.25) is 0 Å². The van der Waals surface area contributed by atoms with Crippen LogP contribution in [0.4, 0.5) is 0 Å². The third kappa shape index (κ3) is 3.63. The Hall–Kier alpha value is -0.720. The average Bonchev–Trinajstić information content (AvgIpc) is 2.38. The molecule has 1 heterocycles. The van der Waals surface area contributed by atoms with Crippen LogP contribution in [0.5, 0.6) is 0 Å². The second-order valence-electron chi connectivity index (χ2n) is 4.60. The van der Waals surface area contributed by atoms with Crippen molar-refractivity contribution in [2.24, 2.45) is 5.73 Å². The van der Waals surface area contributed by atoms with E-state index in [1.165, 1.54) is 7.11 Å². The van der Waals surface area contributed by atoms with Crippen molar-refractivity contribution in [2.75, 3.05) is 33.3 Å². The van der Waals surface area contributed by atoms with Crippen molar-refractivity contribution in [2.45, 2.75) is 32.4 Å². The molecule has 2 N–H and O–H groups in total. The fourth-order valence-electron chi connectivity index (χ4n) is 2.40. The van der Waals surface area contributed by atoms with Gasteiger partial charge in [-0.25, -0.2) is 0 Å². The van der Waals surface area contributed by atoms with E-state index in [2.05, 4.69) is 16.7 Å². The van der Waals surface area contributed by atoms with Gasteiger partial charge in [-0.3, -0.25) is 14.6 Å². The number of nitrogens with two attached hydrogens (primary N) is 1. The summed E-state index contributed by atoms with van der Waals surface area (Å²) in [6.45, 7) is 7.43. The number of hydrogen-bond donors (Lipinski definition) is 1. The van der Waals surface area contributed by atoms with Gasteiger partial charge in [0.15, 0.2) is 0 Å². The first-order chi connectivity index (χ1) is 8.51. The van der Waals surface area contributed by atoms with Gasteiger partial charge in [0.1, 0.15) is 6.04 Å². The first-order valence-electron chi connectivity index (χ1n) is 6.36. The Morgan fingerprint density at radius 2 is 1.83 bits per heavy atom. The highest BCUT2D eigenvalue weighted by molar-refractivity contribution is 7.80. The van der Waals surface area contributed by atoms with Crippen molar-refractivity contribution in [3.63, 3.8) is 0 Å². The number of carbonyl (C=O) groups is 1. The van der Waals surface area contributed by atoms with E-state index in [4.69, 9.17) is 22.7 Å². The van der Waals surface area contributed by atoms with E-state index >= 15 is 0 Å². The van der Waals surface area contributed by atoms with Gasteiger partial charge in [0.05, 0.1) is 18.1 Å². The number of thiocarbonyl (C=S) groups is 1. The second kappa shape index (κ2) is 7.01. The van der Waals surface area contributed by atoms with Gasteiger partial charge in [0, 0.05) is 26.2 Å². The molecule has 1 saturated heterocycles. The molecule has 1 rings (SSSR count). The summed E-state index contributed by atoms with van der Waals surface area (Å²) < 4.78 is 4.76. The van der Waals surface area contributed by atoms with E-state index in [0.29, 0.717) is 4.99 Å². The van der Waals surface area contributed by atoms with Crippen molar-refractivity contribution in [3.05, 3.63) is 0 Å². The van der Waals surface area contributed by atoms with E-state index in [1.807, 2.05) is 6.92 Å². The molecule has 18 heavy (non-hydrogen) atoms. The largest absolute Gasteiger partial charge is 0.468 e. The highest BCUT2D eigenvalue weighted by atomic mass is 32.1. The number of rotatable bonds is 5. The lowest BCUT2D eigenvalue weighted by atomic mass is 10.1. The van der Waals surface area contributed by atoms with Crippen LogP contribution >= 0.6 is 12.2 Å². The highest BCUT2D eigenvalue weighted by Gasteiger charge is 2.29. The summed E-state index contributed by atoms with van der Waals surface area (Å²) >= 11 is 5.09. The summed E-state index contributed by atoms with van der Waals surface area (Å²) in [6.07, 6.45) is 0.932. The van der Waals surface area contributed by atoms with Crippen molar-refractivity contribution >= 4 is 23.2 Å². The van der Waals surface area contributed by atoms with E-state index < -0.39 is 0 Å². The standard InChI is InChI=1S/C12H23N3O2S/c1-4-10(11(13)18)15-7-5-14(6-8-15)9(2)12(16)17-3/h9-10H,4-8H2,1-3H3,(H2,13,18). The van der Waals surface area contributed by atoms with Crippen LogP contribution in [-0.4, -0.2) is 66.1 Å². The van der Waals surface area contributed by atoms with Crippen molar-refractivity contribution in [1.82, 2.24) is 9.80 Å². The molecular formula is C12H23N3O2S. The molecule has 0 bridgehead atoms. The molecule has 6 heteroatoms. The highest BCUT2D eigenvalue weighted by Crippen LogP contribution is 2.12. The molecule has 0 saturated carbocycles. The van der Waals surface area contributed by atoms with E-state index in [0.717, 1.165) is 32.6 Å². The summed E-state index contributed by atoms with van der Waals surface area (Å²) in [5.41, 5.74) is 5.74. The molecule has 104 valence electrons. The minimum atomic E-state index is -0.179. The average molecular weight is 273 g/mol. The minimum Gasteiger partial charge on any atom is -0.468 e. The zero-order valence-corrected chi connectivity index (χ0v) is 12.2. The number of nitrogens with zero attached hydrogens (tertiary/aromatic N) is 2. The Balaban J connectivity index is 2.50. The molecule has 0 aromatic heterocycles. The van der Waals surface area contributed by atoms with E-state index in [1.54, 1.807) is 0 Å². The van der Waals surface area contributed by atoms with Gasteiger partial charge in [0.25, 0.3) is 0 Å². The Bertz CT molecular complexity index is 304. The quantitative estimate of drug-likeness (QED) is 0.572. The van der Waals surface area contributed by atoms with Gasteiger partial charge >= 0.3 is 5.97 Å². The fourth-order valence-corrected chi connectivity index (χ4v) is 2.71. The number of piperazine rings is 1. The number of ether oxygens (including phenoxy) is 1. The predicted octanol–water partition coefficient (Wildman–Crippen LogP) is 0.230. The van der Waals surface area contributed by atoms with Crippen LogP contribution in [0.1, 0.15) is 20.3 Å². The van der Waals surface area contributed by atoms with E-state index in [-0.39, 0.29) is 18.1 Å². The predicted molar refractivity (Wildman–Crippen MR) is 75.5 cm³/mol. The van der Waals surface area contributed by atoms with Crippen molar-refractivity contribution < 1.29 is 9.53 Å². The lowest BCUT2D eigenvalue weighted by Gasteiger charge is -2.40.